The minimum absolute atomic E-state index is 0.189. The summed E-state index contributed by atoms with van der Waals surface area (Å²) in [6.45, 7) is 0.378. The second-order valence-corrected chi connectivity index (χ2v) is 3.50. The minimum Gasteiger partial charge on any atom is -0.254 e. The van der Waals surface area contributed by atoms with Gasteiger partial charge in [-0.25, -0.2) is 14.5 Å². The van der Waals surface area contributed by atoms with Gasteiger partial charge in [-0.2, -0.15) is 17.6 Å². The van der Waals surface area contributed by atoms with Crippen LogP contribution in [-0.4, -0.2) is 23.8 Å². The van der Waals surface area contributed by atoms with Crippen LogP contribution in [0, 0.1) is 5.41 Å². The van der Waals surface area contributed by atoms with Crippen molar-refractivity contribution in [3.63, 3.8) is 0 Å². The van der Waals surface area contributed by atoms with E-state index >= 15 is 0 Å². The van der Waals surface area contributed by atoms with Crippen LogP contribution in [0.1, 0.15) is 13.8 Å². The van der Waals surface area contributed by atoms with Crippen LogP contribution in [0.15, 0.2) is 0 Å². The molecular weight excluding hydrogens is 262 g/mol. The third-order valence-electron chi connectivity index (χ3n) is 2.09. The van der Waals surface area contributed by atoms with Gasteiger partial charge in [0, 0.05) is 9.05 Å². The molecule has 0 aromatic heterocycles. The maximum atomic E-state index is 13.2. The van der Waals surface area contributed by atoms with Crippen molar-refractivity contribution in [3.8, 4) is 0 Å². The molecule has 0 aromatic carbocycles. The van der Waals surface area contributed by atoms with Gasteiger partial charge in [-0.05, 0) is 13.8 Å². The molecule has 0 saturated heterocycles. The standard InChI is InChI=1S/C7H6F6O4/c1-5(2,3(14)16-12)7(10,11)6(8,9)4(15)17-13/h1-2H3. The van der Waals surface area contributed by atoms with E-state index in [-0.39, 0.29) is 13.8 Å². The first kappa shape index (κ1) is 15.5. The monoisotopic (exact) mass is 268 g/mol. The van der Waals surface area contributed by atoms with Crippen molar-refractivity contribution < 1.29 is 46.1 Å². The lowest BCUT2D eigenvalue weighted by Gasteiger charge is -2.33. The molecule has 0 heterocycles. The SMILES string of the molecule is CC(C)(C(=O)OF)C(F)(F)C(F)(F)C(=O)OF. The molecule has 0 aliphatic carbocycles. The van der Waals surface area contributed by atoms with E-state index in [2.05, 4.69) is 4.94 Å². The quantitative estimate of drug-likeness (QED) is 0.733. The lowest BCUT2D eigenvalue weighted by Crippen LogP contribution is -2.58. The van der Waals surface area contributed by atoms with Crippen LogP contribution in [0.25, 0.3) is 0 Å². The van der Waals surface area contributed by atoms with Gasteiger partial charge in [0.05, 0.1) is 0 Å². The van der Waals surface area contributed by atoms with E-state index in [0.29, 0.717) is 0 Å². The van der Waals surface area contributed by atoms with Crippen LogP contribution >= 0.6 is 0 Å². The highest BCUT2D eigenvalue weighted by Gasteiger charge is 2.73. The first-order valence-electron chi connectivity index (χ1n) is 3.88. The molecule has 0 fully saturated rings. The molecule has 0 saturated carbocycles. The predicted molar refractivity (Wildman–Crippen MR) is 38.1 cm³/mol. The molecule has 100 valence electrons. The predicted octanol–water partition coefficient (Wildman–Crippen LogP) is 2.14. The molecule has 0 radical (unpaired) electrons. The van der Waals surface area contributed by atoms with Gasteiger partial charge in [0.25, 0.3) is 0 Å². The molecule has 0 aliphatic heterocycles. The van der Waals surface area contributed by atoms with E-state index in [1.54, 1.807) is 0 Å². The van der Waals surface area contributed by atoms with Crippen LogP contribution in [0.2, 0.25) is 0 Å². The number of rotatable bonds is 4. The fourth-order valence-electron chi connectivity index (χ4n) is 0.794. The number of carbonyl (C=O) groups is 2. The summed E-state index contributed by atoms with van der Waals surface area (Å²) < 4.78 is 74.6. The zero-order valence-electron chi connectivity index (χ0n) is 8.40. The van der Waals surface area contributed by atoms with Crippen LogP contribution in [0.4, 0.5) is 26.6 Å². The molecule has 0 spiro atoms. The number of carbonyl (C=O) groups excluding carboxylic acids is 2. The van der Waals surface area contributed by atoms with E-state index in [9.17, 15) is 36.2 Å². The molecular formula is C7H6F6O4. The van der Waals surface area contributed by atoms with Gasteiger partial charge in [0.2, 0.25) is 0 Å². The van der Waals surface area contributed by atoms with Crippen LogP contribution in [0.3, 0.4) is 0 Å². The zero-order chi connectivity index (χ0) is 14.1. The van der Waals surface area contributed by atoms with Crippen molar-refractivity contribution in [1.29, 1.82) is 0 Å². The van der Waals surface area contributed by atoms with E-state index < -0.39 is 29.2 Å². The van der Waals surface area contributed by atoms with Crippen molar-refractivity contribution in [2.45, 2.75) is 25.7 Å². The Morgan fingerprint density at radius 2 is 1.24 bits per heavy atom. The Labute approximate surface area is 90.3 Å². The van der Waals surface area contributed by atoms with E-state index in [1.165, 1.54) is 0 Å². The molecule has 0 atom stereocenters. The third-order valence-corrected chi connectivity index (χ3v) is 2.09. The normalized spacial score (nSPS) is 13.2. The molecule has 0 rings (SSSR count). The maximum absolute atomic E-state index is 13.2. The lowest BCUT2D eigenvalue weighted by atomic mass is 9.82. The van der Waals surface area contributed by atoms with Gasteiger partial charge in [-0.1, -0.05) is 0 Å². The summed E-state index contributed by atoms with van der Waals surface area (Å²) in [7, 11) is 0. The Balaban J connectivity index is 5.54. The highest BCUT2D eigenvalue weighted by atomic mass is 19.3. The van der Waals surface area contributed by atoms with Crippen molar-refractivity contribution >= 4 is 11.9 Å². The van der Waals surface area contributed by atoms with E-state index in [1.807, 2.05) is 4.94 Å². The molecule has 0 unspecified atom stereocenters. The van der Waals surface area contributed by atoms with Crippen molar-refractivity contribution in [2.75, 3.05) is 0 Å². The number of alkyl halides is 4. The Kier molecular flexibility index (Phi) is 4.03. The number of hydrogen-bond acceptors (Lipinski definition) is 4. The summed E-state index contributed by atoms with van der Waals surface area (Å²) >= 11 is 0. The van der Waals surface area contributed by atoms with Gasteiger partial charge in [0.1, 0.15) is 5.41 Å². The van der Waals surface area contributed by atoms with E-state index in [0.717, 1.165) is 0 Å². The van der Waals surface area contributed by atoms with Gasteiger partial charge < -0.3 is 0 Å². The molecule has 0 aliphatic rings. The van der Waals surface area contributed by atoms with Gasteiger partial charge in [-0.3, -0.25) is 4.94 Å². The van der Waals surface area contributed by atoms with Crippen LogP contribution in [0.5, 0.6) is 0 Å². The largest absolute Gasteiger partial charge is 0.424 e. The zero-order valence-corrected chi connectivity index (χ0v) is 8.40. The topological polar surface area (TPSA) is 52.6 Å². The Morgan fingerprint density at radius 1 is 0.882 bits per heavy atom. The molecule has 0 amide bonds. The smallest absolute Gasteiger partial charge is 0.254 e. The van der Waals surface area contributed by atoms with Crippen molar-refractivity contribution in [3.05, 3.63) is 0 Å². The second kappa shape index (κ2) is 4.41. The molecule has 4 nitrogen and oxygen atoms in total. The summed E-state index contributed by atoms with van der Waals surface area (Å²) in [6.07, 6.45) is 0. The van der Waals surface area contributed by atoms with Crippen molar-refractivity contribution in [1.82, 2.24) is 0 Å². The average Bonchev–Trinajstić information content (AvgIpc) is 2.25. The average molecular weight is 268 g/mol. The first-order valence-corrected chi connectivity index (χ1v) is 3.88. The fraction of sp³-hybridized carbons (Fsp3) is 0.714. The fourth-order valence-corrected chi connectivity index (χ4v) is 0.794. The Morgan fingerprint density at radius 3 is 1.53 bits per heavy atom. The molecule has 0 N–H and O–H groups in total. The van der Waals surface area contributed by atoms with E-state index in [4.69, 9.17) is 0 Å². The third kappa shape index (κ3) is 2.15. The molecule has 0 aromatic rings. The molecule has 10 heteroatoms. The van der Waals surface area contributed by atoms with Gasteiger partial charge in [0.15, 0.2) is 0 Å². The first-order chi connectivity index (χ1) is 7.46. The summed E-state index contributed by atoms with van der Waals surface area (Å²) in [5.41, 5.74) is -3.42. The lowest BCUT2D eigenvalue weighted by molar-refractivity contribution is -0.285. The number of halogens is 6. The molecule has 17 heavy (non-hydrogen) atoms. The maximum Gasteiger partial charge on any atom is 0.424 e. The van der Waals surface area contributed by atoms with Crippen molar-refractivity contribution in [2.24, 2.45) is 5.41 Å². The second-order valence-electron chi connectivity index (χ2n) is 3.50. The minimum atomic E-state index is -5.67. The number of hydrogen-bond donors (Lipinski definition) is 0. The Hall–Kier alpha value is -1.48. The summed E-state index contributed by atoms with van der Waals surface area (Å²) in [6, 6.07) is 0. The Bertz CT molecular complexity index is 296. The summed E-state index contributed by atoms with van der Waals surface area (Å²) in [4.78, 5) is 25.2. The summed E-state index contributed by atoms with van der Waals surface area (Å²) in [5.74, 6) is -16.7. The van der Waals surface area contributed by atoms with Crippen LogP contribution in [-0.2, 0) is 19.5 Å². The summed E-state index contributed by atoms with van der Waals surface area (Å²) in [5, 5.41) is 0. The van der Waals surface area contributed by atoms with Gasteiger partial charge >= 0.3 is 23.8 Å². The van der Waals surface area contributed by atoms with Crippen LogP contribution < -0.4 is 0 Å². The highest BCUT2D eigenvalue weighted by molar-refractivity contribution is 5.83. The highest BCUT2D eigenvalue weighted by Crippen LogP contribution is 2.48. The van der Waals surface area contributed by atoms with Gasteiger partial charge in [-0.15, -0.1) is 0 Å². The molecule has 0 bridgehead atoms.